The summed E-state index contributed by atoms with van der Waals surface area (Å²) in [5, 5.41) is 5.43. The number of ether oxygens (including phenoxy) is 1. The number of carbonyl (C=O) groups is 3. The molecule has 1 aromatic rings. The van der Waals surface area contributed by atoms with Crippen molar-refractivity contribution in [2.75, 3.05) is 17.7 Å². The lowest BCUT2D eigenvalue weighted by molar-refractivity contribution is -0.118. The summed E-state index contributed by atoms with van der Waals surface area (Å²) in [6.45, 7) is 0. The number of anilines is 2. The van der Waals surface area contributed by atoms with Crippen LogP contribution in [0.15, 0.2) is 18.2 Å². The Morgan fingerprint density at radius 3 is 2.70 bits per heavy atom. The predicted molar refractivity (Wildman–Crippen MR) is 86.1 cm³/mol. The van der Waals surface area contributed by atoms with Crippen LogP contribution in [0.4, 0.5) is 11.4 Å². The molecule has 1 aliphatic heterocycles. The zero-order chi connectivity index (χ0) is 16.8. The number of hydrogen-bond acceptors (Lipinski definition) is 5. The van der Waals surface area contributed by atoms with E-state index in [0.29, 0.717) is 24.2 Å². The Morgan fingerprint density at radius 1 is 1.17 bits per heavy atom. The number of hydrogen-bond donors (Lipinski definition) is 3. The third-order valence-corrected chi connectivity index (χ3v) is 3.73. The maximum Gasteiger partial charge on any atom is 0.337 e. The molecule has 0 aliphatic carbocycles. The molecule has 2 amide bonds. The van der Waals surface area contributed by atoms with E-state index in [1.54, 1.807) is 6.07 Å². The molecule has 2 rings (SSSR count). The number of benzene rings is 1. The highest BCUT2D eigenvalue weighted by atomic mass is 16.5. The van der Waals surface area contributed by atoms with Crippen LogP contribution in [0.3, 0.4) is 0 Å². The Hall–Kier alpha value is -2.41. The lowest BCUT2D eigenvalue weighted by atomic mass is 10.1. The Balaban J connectivity index is 2.33. The van der Waals surface area contributed by atoms with Gasteiger partial charge in [0.05, 0.1) is 30.1 Å². The van der Waals surface area contributed by atoms with Gasteiger partial charge in [0.2, 0.25) is 11.8 Å². The Kier molecular flexibility index (Phi) is 5.70. The summed E-state index contributed by atoms with van der Waals surface area (Å²) >= 11 is 0. The second kappa shape index (κ2) is 7.73. The van der Waals surface area contributed by atoms with E-state index in [4.69, 9.17) is 5.73 Å². The molecule has 0 fully saturated rings. The molecule has 0 saturated heterocycles. The maximum absolute atomic E-state index is 12.1. The molecular formula is C16H21N3O4. The van der Waals surface area contributed by atoms with Gasteiger partial charge in [0.15, 0.2) is 0 Å². The van der Waals surface area contributed by atoms with Crippen LogP contribution in [0, 0.1) is 0 Å². The molecule has 23 heavy (non-hydrogen) atoms. The maximum atomic E-state index is 12.1. The normalized spacial score (nSPS) is 19.5. The summed E-state index contributed by atoms with van der Waals surface area (Å²) < 4.78 is 4.67. The van der Waals surface area contributed by atoms with E-state index in [2.05, 4.69) is 15.4 Å². The highest BCUT2D eigenvalue weighted by Crippen LogP contribution is 2.25. The van der Waals surface area contributed by atoms with Crippen LogP contribution >= 0.6 is 0 Å². The van der Waals surface area contributed by atoms with Crippen molar-refractivity contribution in [2.24, 2.45) is 5.73 Å². The van der Waals surface area contributed by atoms with Gasteiger partial charge in [-0.15, -0.1) is 0 Å². The van der Waals surface area contributed by atoms with Crippen molar-refractivity contribution in [1.82, 2.24) is 0 Å². The molecule has 1 aromatic carbocycles. The first-order chi connectivity index (χ1) is 11.0. The average Bonchev–Trinajstić information content (AvgIpc) is 2.54. The fourth-order valence-corrected chi connectivity index (χ4v) is 2.40. The van der Waals surface area contributed by atoms with E-state index in [9.17, 15) is 14.4 Å². The van der Waals surface area contributed by atoms with Gasteiger partial charge in [-0.25, -0.2) is 4.79 Å². The minimum atomic E-state index is -0.599. The summed E-state index contributed by atoms with van der Waals surface area (Å²) in [5.41, 5.74) is 6.93. The van der Waals surface area contributed by atoms with Crippen molar-refractivity contribution < 1.29 is 19.1 Å². The number of fused-ring (bicyclic) bond motifs is 1. The lowest BCUT2D eigenvalue weighted by Gasteiger charge is -2.17. The van der Waals surface area contributed by atoms with Crippen molar-refractivity contribution >= 4 is 29.2 Å². The molecule has 0 bridgehead atoms. The van der Waals surface area contributed by atoms with E-state index in [1.807, 2.05) is 0 Å². The first-order valence-electron chi connectivity index (χ1n) is 7.60. The highest BCUT2D eigenvalue weighted by molar-refractivity contribution is 6.03. The van der Waals surface area contributed by atoms with Crippen LogP contribution < -0.4 is 16.4 Å². The van der Waals surface area contributed by atoms with E-state index >= 15 is 0 Å². The standard InChI is InChI=1S/C16H21N3O4/c1-23-16(22)10-7-8-12-13(9-10)18-14(20)6-4-2-3-5-11(17)15(21)19-12/h7-9,11H,2-6,17H2,1H3,(H,18,20)(H,19,21). The summed E-state index contributed by atoms with van der Waals surface area (Å²) in [6.07, 6.45) is 3.32. The van der Waals surface area contributed by atoms with Crippen molar-refractivity contribution in [3.05, 3.63) is 23.8 Å². The molecule has 0 saturated carbocycles. The lowest BCUT2D eigenvalue weighted by Crippen LogP contribution is -2.36. The van der Waals surface area contributed by atoms with Crippen molar-refractivity contribution in [3.63, 3.8) is 0 Å². The van der Waals surface area contributed by atoms with E-state index in [1.165, 1.54) is 19.2 Å². The summed E-state index contributed by atoms with van der Waals surface area (Å²) in [6, 6.07) is 3.96. The molecule has 4 N–H and O–H groups in total. The van der Waals surface area contributed by atoms with Crippen molar-refractivity contribution in [2.45, 2.75) is 38.1 Å². The smallest absolute Gasteiger partial charge is 0.337 e. The van der Waals surface area contributed by atoms with Crippen LogP contribution in [0.2, 0.25) is 0 Å². The number of amides is 2. The molecule has 1 atom stereocenters. The average molecular weight is 319 g/mol. The largest absolute Gasteiger partial charge is 0.465 e. The Morgan fingerprint density at radius 2 is 1.96 bits per heavy atom. The monoisotopic (exact) mass is 319 g/mol. The minimum absolute atomic E-state index is 0.160. The molecule has 1 heterocycles. The van der Waals surface area contributed by atoms with Gasteiger partial charge >= 0.3 is 5.97 Å². The fraction of sp³-hybridized carbons (Fsp3) is 0.438. The Bertz CT molecular complexity index is 615. The van der Waals surface area contributed by atoms with E-state index in [-0.39, 0.29) is 17.4 Å². The van der Waals surface area contributed by atoms with Gasteiger partial charge in [-0.3, -0.25) is 9.59 Å². The highest BCUT2D eigenvalue weighted by Gasteiger charge is 2.18. The number of esters is 1. The van der Waals surface area contributed by atoms with Gasteiger partial charge in [0.25, 0.3) is 0 Å². The molecule has 7 heteroatoms. The number of methoxy groups -OCH3 is 1. The zero-order valence-electron chi connectivity index (χ0n) is 13.1. The second-order valence-electron chi connectivity index (χ2n) is 5.50. The van der Waals surface area contributed by atoms with Gasteiger partial charge in [0, 0.05) is 6.42 Å². The van der Waals surface area contributed by atoms with Crippen LogP contribution in [0.1, 0.15) is 42.5 Å². The third kappa shape index (κ3) is 4.53. The molecule has 1 unspecified atom stereocenters. The SMILES string of the molecule is COC(=O)c1ccc2c(c1)NC(=O)CCCCCC(N)C(=O)N2. The van der Waals surface area contributed by atoms with Gasteiger partial charge in [-0.05, 0) is 31.0 Å². The molecule has 0 radical (unpaired) electrons. The number of nitrogens with one attached hydrogen (secondary N) is 2. The minimum Gasteiger partial charge on any atom is -0.465 e. The predicted octanol–water partition coefficient (Wildman–Crippen LogP) is 1.64. The molecule has 0 spiro atoms. The number of nitrogens with two attached hydrogens (primary N) is 1. The van der Waals surface area contributed by atoms with E-state index in [0.717, 1.165) is 19.3 Å². The van der Waals surface area contributed by atoms with Crippen LogP contribution in [-0.2, 0) is 14.3 Å². The number of rotatable bonds is 1. The van der Waals surface area contributed by atoms with Gasteiger partial charge in [0.1, 0.15) is 0 Å². The first-order valence-corrected chi connectivity index (χ1v) is 7.60. The molecule has 1 aliphatic rings. The van der Waals surface area contributed by atoms with Crippen LogP contribution in [0.5, 0.6) is 0 Å². The molecule has 7 nitrogen and oxygen atoms in total. The molecular weight excluding hydrogens is 298 g/mol. The van der Waals surface area contributed by atoms with Crippen molar-refractivity contribution in [1.29, 1.82) is 0 Å². The Labute approximate surface area is 134 Å². The zero-order valence-corrected chi connectivity index (χ0v) is 13.1. The molecule has 0 aromatic heterocycles. The van der Waals surface area contributed by atoms with Gasteiger partial charge in [-0.2, -0.15) is 0 Å². The second-order valence-corrected chi connectivity index (χ2v) is 5.50. The summed E-state index contributed by atoms with van der Waals surface area (Å²) in [5.74, 6) is -0.990. The van der Waals surface area contributed by atoms with Crippen LogP contribution in [0.25, 0.3) is 0 Å². The van der Waals surface area contributed by atoms with Crippen LogP contribution in [-0.4, -0.2) is 30.9 Å². The topological polar surface area (TPSA) is 111 Å². The quantitative estimate of drug-likeness (QED) is 0.682. The van der Waals surface area contributed by atoms with E-state index < -0.39 is 12.0 Å². The summed E-state index contributed by atoms with van der Waals surface area (Å²) in [7, 11) is 1.28. The summed E-state index contributed by atoms with van der Waals surface area (Å²) in [4.78, 5) is 35.7. The van der Waals surface area contributed by atoms with Gasteiger partial charge in [-0.1, -0.05) is 12.8 Å². The number of carbonyl (C=O) groups excluding carboxylic acids is 3. The fourth-order valence-electron chi connectivity index (χ4n) is 2.40. The third-order valence-electron chi connectivity index (χ3n) is 3.73. The van der Waals surface area contributed by atoms with Crippen molar-refractivity contribution in [3.8, 4) is 0 Å². The first kappa shape index (κ1) is 17.0. The molecule has 124 valence electrons. The van der Waals surface area contributed by atoms with Gasteiger partial charge < -0.3 is 21.1 Å².